The van der Waals surface area contributed by atoms with Crippen molar-refractivity contribution in [3.05, 3.63) is 23.8 Å². The standard InChI is InChI=1S/C16H25N3O2/c1-19(2)16(21)13-8-7-12(17)9-14(13)18-10-11-5-3-4-6-15(11)20/h7-9,11,15,18,20H,3-6,10,17H2,1-2H3. The molecule has 1 aromatic rings. The number of carbonyl (C=O) groups is 1. The van der Waals surface area contributed by atoms with E-state index in [-0.39, 0.29) is 17.9 Å². The summed E-state index contributed by atoms with van der Waals surface area (Å²) >= 11 is 0. The Bertz CT molecular complexity index is 502. The van der Waals surface area contributed by atoms with E-state index in [4.69, 9.17) is 5.73 Å². The number of nitrogens with two attached hydrogens (primary N) is 1. The molecule has 1 fully saturated rings. The fourth-order valence-corrected chi connectivity index (χ4v) is 2.80. The molecule has 0 bridgehead atoms. The van der Waals surface area contributed by atoms with Crippen molar-refractivity contribution >= 4 is 17.3 Å². The van der Waals surface area contributed by atoms with Gasteiger partial charge in [-0.15, -0.1) is 0 Å². The number of amides is 1. The second-order valence-electron chi connectivity index (χ2n) is 6.00. The summed E-state index contributed by atoms with van der Waals surface area (Å²) in [6, 6.07) is 5.26. The Morgan fingerprint density at radius 2 is 2.10 bits per heavy atom. The van der Waals surface area contributed by atoms with E-state index in [2.05, 4.69) is 5.32 Å². The monoisotopic (exact) mass is 291 g/mol. The van der Waals surface area contributed by atoms with E-state index in [0.29, 0.717) is 17.8 Å². The van der Waals surface area contributed by atoms with Crippen LogP contribution < -0.4 is 11.1 Å². The molecule has 5 heteroatoms. The van der Waals surface area contributed by atoms with Gasteiger partial charge in [0.2, 0.25) is 0 Å². The Labute approximate surface area is 126 Å². The van der Waals surface area contributed by atoms with Gasteiger partial charge in [-0.25, -0.2) is 0 Å². The molecule has 0 radical (unpaired) electrons. The molecular weight excluding hydrogens is 266 g/mol. The van der Waals surface area contributed by atoms with Crippen molar-refractivity contribution in [1.29, 1.82) is 0 Å². The summed E-state index contributed by atoms with van der Waals surface area (Å²) in [6.07, 6.45) is 3.89. The van der Waals surface area contributed by atoms with E-state index in [9.17, 15) is 9.90 Å². The van der Waals surface area contributed by atoms with Crippen LogP contribution in [0, 0.1) is 5.92 Å². The van der Waals surface area contributed by atoms with Crippen LogP contribution in [0.1, 0.15) is 36.0 Å². The summed E-state index contributed by atoms with van der Waals surface area (Å²) in [5.41, 5.74) is 7.80. The van der Waals surface area contributed by atoms with Gasteiger partial charge in [-0.3, -0.25) is 4.79 Å². The van der Waals surface area contributed by atoms with Gasteiger partial charge in [0.1, 0.15) is 0 Å². The molecule has 1 saturated carbocycles. The molecule has 0 aliphatic heterocycles. The average Bonchev–Trinajstić information content (AvgIpc) is 2.46. The Kier molecular flexibility index (Phi) is 5.07. The van der Waals surface area contributed by atoms with Crippen LogP contribution in [0.4, 0.5) is 11.4 Å². The van der Waals surface area contributed by atoms with Gasteiger partial charge in [0.25, 0.3) is 5.91 Å². The largest absolute Gasteiger partial charge is 0.399 e. The minimum Gasteiger partial charge on any atom is -0.399 e. The van der Waals surface area contributed by atoms with Gasteiger partial charge >= 0.3 is 0 Å². The highest BCUT2D eigenvalue weighted by Crippen LogP contribution is 2.26. The van der Waals surface area contributed by atoms with Crippen molar-refractivity contribution < 1.29 is 9.90 Å². The van der Waals surface area contributed by atoms with Gasteiger partial charge in [0.05, 0.1) is 11.7 Å². The number of nitrogen functional groups attached to an aromatic ring is 1. The minimum absolute atomic E-state index is 0.0540. The smallest absolute Gasteiger partial charge is 0.255 e. The Hall–Kier alpha value is -1.75. The number of hydrogen-bond donors (Lipinski definition) is 3. The molecule has 1 aromatic carbocycles. The topological polar surface area (TPSA) is 78.6 Å². The molecule has 1 amide bonds. The second-order valence-corrected chi connectivity index (χ2v) is 6.00. The lowest BCUT2D eigenvalue weighted by atomic mass is 9.86. The van der Waals surface area contributed by atoms with E-state index in [0.717, 1.165) is 31.4 Å². The van der Waals surface area contributed by atoms with Crippen molar-refractivity contribution in [2.75, 3.05) is 31.7 Å². The number of aliphatic hydroxyl groups excluding tert-OH is 1. The van der Waals surface area contributed by atoms with Crippen LogP contribution in [0.5, 0.6) is 0 Å². The van der Waals surface area contributed by atoms with Crippen molar-refractivity contribution in [2.45, 2.75) is 31.8 Å². The summed E-state index contributed by atoms with van der Waals surface area (Å²) in [5, 5.41) is 13.3. The van der Waals surface area contributed by atoms with E-state index >= 15 is 0 Å². The maximum Gasteiger partial charge on any atom is 0.255 e. The maximum absolute atomic E-state index is 12.2. The van der Waals surface area contributed by atoms with Crippen molar-refractivity contribution in [1.82, 2.24) is 4.90 Å². The zero-order chi connectivity index (χ0) is 15.4. The molecule has 0 aromatic heterocycles. The Morgan fingerprint density at radius 1 is 1.38 bits per heavy atom. The van der Waals surface area contributed by atoms with E-state index < -0.39 is 0 Å². The number of anilines is 2. The Balaban J connectivity index is 2.11. The van der Waals surface area contributed by atoms with Gasteiger partial charge in [-0.05, 0) is 31.0 Å². The second kappa shape index (κ2) is 6.80. The number of nitrogens with zero attached hydrogens (tertiary/aromatic N) is 1. The highest BCUT2D eigenvalue weighted by molar-refractivity contribution is 6.00. The van der Waals surface area contributed by atoms with Gasteiger partial charge in [-0.1, -0.05) is 12.8 Å². The summed E-state index contributed by atoms with van der Waals surface area (Å²) in [7, 11) is 3.46. The maximum atomic E-state index is 12.2. The van der Waals surface area contributed by atoms with Gasteiger partial charge in [-0.2, -0.15) is 0 Å². The van der Waals surface area contributed by atoms with Gasteiger partial charge in [0.15, 0.2) is 0 Å². The molecule has 2 rings (SSSR count). The normalized spacial score (nSPS) is 21.9. The number of benzene rings is 1. The number of carbonyl (C=O) groups excluding carboxylic acids is 1. The van der Waals surface area contributed by atoms with Crippen LogP contribution in [-0.4, -0.2) is 42.7 Å². The van der Waals surface area contributed by atoms with Crippen LogP contribution in [0.3, 0.4) is 0 Å². The van der Waals surface area contributed by atoms with Crippen molar-refractivity contribution in [3.8, 4) is 0 Å². The molecule has 1 aliphatic rings. The molecule has 2 unspecified atom stereocenters. The predicted molar refractivity (Wildman–Crippen MR) is 85.3 cm³/mol. The van der Waals surface area contributed by atoms with Crippen LogP contribution in [0.15, 0.2) is 18.2 Å². The SMILES string of the molecule is CN(C)C(=O)c1ccc(N)cc1NCC1CCCCC1O. The zero-order valence-corrected chi connectivity index (χ0v) is 12.8. The summed E-state index contributed by atoms with van der Waals surface area (Å²) in [5.74, 6) is 0.184. The number of rotatable bonds is 4. The third-order valence-electron chi connectivity index (χ3n) is 4.10. The third kappa shape index (κ3) is 3.88. The molecule has 0 saturated heterocycles. The first-order chi connectivity index (χ1) is 9.99. The number of hydrogen-bond acceptors (Lipinski definition) is 4. The molecule has 4 N–H and O–H groups in total. The average molecular weight is 291 g/mol. The molecule has 0 spiro atoms. The quantitative estimate of drug-likeness (QED) is 0.741. The fourth-order valence-electron chi connectivity index (χ4n) is 2.80. The first-order valence-electron chi connectivity index (χ1n) is 7.52. The van der Waals surface area contributed by atoms with Crippen molar-refractivity contribution in [2.24, 2.45) is 5.92 Å². The van der Waals surface area contributed by atoms with E-state index in [1.165, 1.54) is 0 Å². The minimum atomic E-state index is -0.250. The van der Waals surface area contributed by atoms with E-state index in [1.807, 2.05) is 0 Å². The fraction of sp³-hybridized carbons (Fsp3) is 0.562. The lowest BCUT2D eigenvalue weighted by Crippen LogP contribution is -2.31. The Morgan fingerprint density at radius 3 is 2.76 bits per heavy atom. The number of nitrogens with one attached hydrogen (secondary N) is 1. The van der Waals surface area contributed by atoms with Crippen LogP contribution in [-0.2, 0) is 0 Å². The molecule has 116 valence electrons. The van der Waals surface area contributed by atoms with Crippen molar-refractivity contribution in [3.63, 3.8) is 0 Å². The summed E-state index contributed by atoms with van der Waals surface area (Å²) in [4.78, 5) is 13.7. The molecule has 5 nitrogen and oxygen atoms in total. The molecule has 2 atom stereocenters. The van der Waals surface area contributed by atoms with Crippen LogP contribution >= 0.6 is 0 Å². The number of aliphatic hydroxyl groups is 1. The third-order valence-corrected chi connectivity index (χ3v) is 4.10. The highest BCUT2D eigenvalue weighted by Gasteiger charge is 2.23. The molecule has 21 heavy (non-hydrogen) atoms. The lowest BCUT2D eigenvalue weighted by molar-refractivity contribution is 0.0763. The van der Waals surface area contributed by atoms with Crippen LogP contribution in [0.25, 0.3) is 0 Å². The molecular formula is C16H25N3O2. The molecule has 0 heterocycles. The first kappa shape index (κ1) is 15.6. The lowest BCUT2D eigenvalue weighted by Gasteiger charge is -2.28. The first-order valence-corrected chi connectivity index (χ1v) is 7.52. The predicted octanol–water partition coefficient (Wildman–Crippen LogP) is 1.93. The molecule has 1 aliphatic carbocycles. The van der Waals surface area contributed by atoms with E-state index in [1.54, 1.807) is 37.2 Å². The van der Waals surface area contributed by atoms with Gasteiger partial charge in [0, 0.05) is 37.9 Å². The van der Waals surface area contributed by atoms with Crippen LogP contribution in [0.2, 0.25) is 0 Å². The summed E-state index contributed by atoms with van der Waals surface area (Å²) < 4.78 is 0. The van der Waals surface area contributed by atoms with Gasteiger partial charge < -0.3 is 21.1 Å². The highest BCUT2D eigenvalue weighted by atomic mass is 16.3. The zero-order valence-electron chi connectivity index (χ0n) is 12.8. The summed E-state index contributed by atoms with van der Waals surface area (Å²) in [6.45, 7) is 0.665.